The molecular weight excluding hydrogens is 194 g/mol. The van der Waals surface area contributed by atoms with E-state index in [0.717, 1.165) is 0 Å². The molecule has 0 aliphatic carbocycles. The van der Waals surface area contributed by atoms with Crippen LogP contribution in [0, 0.1) is 0 Å². The maximum atomic E-state index is 2.69. The van der Waals surface area contributed by atoms with Crippen molar-refractivity contribution < 1.29 is 0 Å². The second-order valence-corrected chi connectivity index (χ2v) is 5.38. The molecule has 1 heteroatoms. The van der Waals surface area contributed by atoms with Gasteiger partial charge in [0.2, 0.25) is 0 Å². The van der Waals surface area contributed by atoms with Crippen molar-refractivity contribution in [2.75, 3.05) is 19.6 Å². The van der Waals surface area contributed by atoms with Crippen molar-refractivity contribution in [1.82, 2.24) is 4.90 Å². The lowest BCUT2D eigenvalue weighted by Crippen LogP contribution is -2.25. The molecule has 1 nitrogen and oxygen atoms in total. The molecule has 1 aliphatic heterocycles. The molecule has 0 saturated carbocycles. The SMILES string of the molecule is CCCCCCCCCN1CCCCCC1. The molecule has 16 heavy (non-hydrogen) atoms. The lowest BCUT2D eigenvalue weighted by molar-refractivity contribution is 0.277. The topological polar surface area (TPSA) is 3.24 Å². The molecule has 1 saturated heterocycles. The molecule has 0 amide bonds. The zero-order valence-electron chi connectivity index (χ0n) is 11.3. The Morgan fingerprint density at radius 2 is 1.25 bits per heavy atom. The summed E-state index contributed by atoms with van der Waals surface area (Å²) in [5.41, 5.74) is 0. The molecule has 0 atom stereocenters. The number of rotatable bonds is 8. The van der Waals surface area contributed by atoms with Gasteiger partial charge in [0.1, 0.15) is 0 Å². The minimum atomic E-state index is 1.37. The number of hydrogen-bond acceptors (Lipinski definition) is 1. The fourth-order valence-electron chi connectivity index (χ4n) is 2.65. The minimum absolute atomic E-state index is 1.37. The maximum Gasteiger partial charge on any atom is -0.00187 e. The van der Waals surface area contributed by atoms with Gasteiger partial charge in [-0.2, -0.15) is 0 Å². The van der Waals surface area contributed by atoms with Crippen LogP contribution in [0.4, 0.5) is 0 Å². The first-order valence-corrected chi connectivity index (χ1v) is 7.66. The van der Waals surface area contributed by atoms with Crippen LogP contribution < -0.4 is 0 Å². The van der Waals surface area contributed by atoms with Gasteiger partial charge in [0.25, 0.3) is 0 Å². The third-order valence-electron chi connectivity index (χ3n) is 3.78. The molecule has 0 aromatic carbocycles. The van der Waals surface area contributed by atoms with Gasteiger partial charge < -0.3 is 4.90 Å². The number of unbranched alkanes of at least 4 members (excludes halogenated alkanes) is 6. The Morgan fingerprint density at radius 1 is 0.688 bits per heavy atom. The molecule has 0 bridgehead atoms. The number of hydrogen-bond donors (Lipinski definition) is 0. The first kappa shape index (κ1) is 14.0. The highest BCUT2D eigenvalue weighted by Crippen LogP contribution is 2.12. The van der Waals surface area contributed by atoms with Crippen LogP contribution in [0.2, 0.25) is 0 Å². The Kier molecular flexibility index (Phi) is 8.88. The van der Waals surface area contributed by atoms with Crippen molar-refractivity contribution in [2.45, 2.75) is 77.6 Å². The maximum absolute atomic E-state index is 2.69. The summed E-state index contributed by atoms with van der Waals surface area (Å²) in [6, 6.07) is 0. The molecular formula is C15H31N. The predicted molar refractivity (Wildman–Crippen MR) is 72.9 cm³/mol. The van der Waals surface area contributed by atoms with Crippen LogP contribution in [0.1, 0.15) is 77.6 Å². The van der Waals surface area contributed by atoms with Gasteiger partial charge in [0, 0.05) is 0 Å². The number of likely N-dealkylation sites (tertiary alicyclic amines) is 1. The Balaban J connectivity index is 1.86. The van der Waals surface area contributed by atoms with Crippen LogP contribution in [-0.2, 0) is 0 Å². The second-order valence-electron chi connectivity index (χ2n) is 5.38. The zero-order chi connectivity index (χ0) is 11.5. The Morgan fingerprint density at radius 3 is 1.88 bits per heavy atom. The van der Waals surface area contributed by atoms with Gasteiger partial charge in [-0.05, 0) is 38.9 Å². The van der Waals surface area contributed by atoms with Crippen molar-refractivity contribution in [3.05, 3.63) is 0 Å². The van der Waals surface area contributed by atoms with Gasteiger partial charge in [-0.1, -0.05) is 58.3 Å². The highest BCUT2D eigenvalue weighted by molar-refractivity contribution is 4.63. The molecule has 0 radical (unpaired) electrons. The summed E-state index contributed by atoms with van der Waals surface area (Å²) in [4.78, 5) is 2.69. The first-order chi connectivity index (χ1) is 7.93. The number of nitrogens with zero attached hydrogens (tertiary/aromatic N) is 1. The van der Waals surface area contributed by atoms with Crippen LogP contribution >= 0.6 is 0 Å². The monoisotopic (exact) mass is 225 g/mol. The summed E-state index contributed by atoms with van der Waals surface area (Å²) in [5, 5.41) is 0. The average molecular weight is 225 g/mol. The van der Waals surface area contributed by atoms with E-state index in [1.807, 2.05) is 0 Å². The average Bonchev–Trinajstić information content (AvgIpc) is 2.56. The molecule has 96 valence electrons. The third-order valence-corrected chi connectivity index (χ3v) is 3.78. The van der Waals surface area contributed by atoms with Gasteiger partial charge in [-0.15, -0.1) is 0 Å². The van der Waals surface area contributed by atoms with Crippen LogP contribution in [0.3, 0.4) is 0 Å². The fraction of sp³-hybridized carbons (Fsp3) is 1.00. The molecule has 1 heterocycles. The summed E-state index contributed by atoms with van der Waals surface area (Å²) >= 11 is 0. The van der Waals surface area contributed by atoms with E-state index in [1.54, 1.807) is 0 Å². The Bertz CT molecular complexity index is 136. The molecule has 0 spiro atoms. The van der Waals surface area contributed by atoms with Crippen LogP contribution in [-0.4, -0.2) is 24.5 Å². The first-order valence-electron chi connectivity index (χ1n) is 7.66. The molecule has 0 unspecified atom stereocenters. The van der Waals surface area contributed by atoms with Crippen molar-refractivity contribution in [1.29, 1.82) is 0 Å². The lowest BCUT2D eigenvalue weighted by atomic mass is 10.1. The Hall–Kier alpha value is -0.0400. The normalized spacial score (nSPS) is 18.6. The van der Waals surface area contributed by atoms with Gasteiger partial charge in [0.15, 0.2) is 0 Å². The van der Waals surface area contributed by atoms with E-state index in [2.05, 4.69) is 11.8 Å². The zero-order valence-corrected chi connectivity index (χ0v) is 11.3. The van der Waals surface area contributed by atoms with E-state index >= 15 is 0 Å². The van der Waals surface area contributed by atoms with E-state index in [1.165, 1.54) is 90.3 Å². The summed E-state index contributed by atoms with van der Waals surface area (Å²) in [6.07, 6.45) is 15.9. The largest absolute Gasteiger partial charge is 0.303 e. The molecule has 0 aromatic rings. The third kappa shape index (κ3) is 7.27. The highest BCUT2D eigenvalue weighted by Gasteiger charge is 2.07. The fourth-order valence-corrected chi connectivity index (χ4v) is 2.65. The van der Waals surface area contributed by atoms with Gasteiger partial charge >= 0.3 is 0 Å². The van der Waals surface area contributed by atoms with Crippen LogP contribution in [0.5, 0.6) is 0 Å². The van der Waals surface area contributed by atoms with Gasteiger partial charge in [0.05, 0.1) is 0 Å². The van der Waals surface area contributed by atoms with E-state index in [9.17, 15) is 0 Å². The summed E-state index contributed by atoms with van der Waals surface area (Å²) in [6.45, 7) is 6.40. The highest BCUT2D eigenvalue weighted by atomic mass is 15.1. The smallest absolute Gasteiger partial charge is 0.00187 e. The van der Waals surface area contributed by atoms with E-state index in [4.69, 9.17) is 0 Å². The summed E-state index contributed by atoms with van der Waals surface area (Å²) < 4.78 is 0. The minimum Gasteiger partial charge on any atom is -0.303 e. The quantitative estimate of drug-likeness (QED) is 0.545. The lowest BCUT2D eigenvalue weighted by Gasteiger charge is -2.19. The molecule has 1 rings (SSSR count). The summed E-state index contributed by atoms with van der Waals surface area (Å²) in [5.74, 6) is 0. The van der Waals surface area contributed by atoms with Crippen molar-refractivity contribution >= 4 is 0 Å². The molecule has 0 N–H and O–H groups in total. The second kappa shape index (κ2) is 10.1. The van der Waals surface area contributed by atoms with Gasteiger partial charge in [-0.3, -0.25) is 0 Å². The van der Waals surface area contributed by atoms with Gasteiger partial charge in [-0.25, -0.2) is 0 Å². The molecule has 1 fully saturated rings. The van der Waals surface area contributed by atoms with Crippen molar-refractivity contribution in [3.8, 4) is 0 Å². The standard InChI is InChI=1S/C15H31N/c1-2-3-4-5-6-7-10-13-16-14-11-8-9-12-15-16/h2-15H2,1H3. The van der Waals surface area contributed by atoms with Crippen LogP contribution in [0.15, 0.2) is 0 Å². The summed E-state index contributed by atoms with van der Waals surface area (Å²) in [7, 11) is 0. The Labute approximate surface area is 103 Å². The molecule has 1 aliphatic rings. The van der Waals surface area contributed by atoms with Crippen molar-refractivity contribution in [2.24, 2.45) is 0 Å². The molecule has 0 aromatic heterocycles. The van der Waals surface area contributed by atoms with E-state index in [0.29, 0.717) is 0 Å². The van der Waals surface area contributed by atoms with Crippen LogP contribution in [0.25, 0.3) is 0 Å². The van der Waals surface area contributed by atoms with E-state index in [-0.39, 0.29) is 0 Å². The van der Waals surface area contributed by atoms with Crippen molar-refractivity contribution in [3.63, 3.8) is 0 Å². The predicted octanol–water partition coefficient (Wildman–Crippen LogP) is 4.61. The van der Waals surface area contributed by atoms with E-state index < -0.39 is 0 Å².